The fraction of sp³-hybridized carbons (Fsp3) is 0.273. The van der Waals surface area contributed by atoms with Gasteiger partial charge in [0.25, 0.3) is 11.8 Å². The normalized spacial score (nSPS) is 14.8. The van der Waals surface area contributed by atoms with Crippen molar-refractivity contribution >= 4 is 11.8 Å². The van der Waals surface area contributed by atoms with E-state index < -0.39 is 23.3 Å². The molecule has 0 fully saturated rings. The largest absolute Gasteiger partial charge is 0.504 e. The van der Waals surface area contributed by atoms with Gasteiger partial charge in [-0.15, -0.1) is 0 Å². The monoisotopic (exact) mass is 221 g/mol. The van der Waals surface area contributed by atoms with E-state index in [1.165, 1.54) is 12.1 Å². The Labute approximate surface area is 91.9 Å². The molecular formula is C11H11NO4. The lowest BCUT2D eigenvalue weighted by molar-refractivity contribution is 0.0608. The summed E-state index contributed by atoms with van der Waals surface area (Å²) in [6, 6.07) is 2.25. The van der Waals surface area contributed by atoms with Gasteiger partial charge < -0.3 is 10.2 Å². The fourth-order valence-corrected chi connectivity index (χ4v) is 1.79. The number of imide groups is 1. The van der Waals surface area contributed by atoms with Crippen molar-refractivity contribution in [2.24, 2.45) is 0 Å². The summed E-state index contributed by atoms with van der Waals surface area (Å²) in [4.78, 5) is 24.7. The van der Waals surface area contributed by atoms with Crippen molar-refractivity contribution in [3.63, 3.8) is 0 Å². The lowest BCUT2D eigenvalue weighted by atomic mass is 10.1. The summed E-state index contributed by atoms with van der Waals surface area (Å²) >= 11 is 0. The van der Waals surface area contributed by atoms with Crippen LogP contribution >= 0.6 is 0 Å². The standard InChI is InChI=1S/C11H11NO4/c1-5(2)12-10(15)6-3-4-7(13)9(14)8(6)11(12)16/h3-5,13-14H,1-2H3. The number of amides is 2. The highest BCUT2D eigenvalue weighted by Crippen LogP contribution is 2.37. The number of carbonyl (C=O) groups excluding carboxylic acids is 2. The van der Waals surface area contributed by atoms with Gasteiger partial charge in [-0.25, -0.2) is 0 Å². The Kier molecular flexibility index (Phi) is 2.11. The lowest BCUT2D eigenvalue weighted by Crippen LogP contribution is -2.35. The molecule has 5 nitrogen and oxygen atoms in total. The minimum atomic E-state index is -0.566. The molecule has 0 atom stereocenters. The molecule has 0 aromatic heterocycles. The van der Waals surface area contributed by atoms with Crippen molar-refractivity contribution in [1.29, 1.82) is 0 Å². The van der Waals surface area contributed by atoms with Crippen molar-refractivity contribution in [2.75, 3.05) is 0 Å². The number of rotatable bonds is 1. The van der Waals surface area contributed by atoms with E-state index in [2.05, 4.69) is 0 Å². The van der Waals surface area contributed by atoms with E-state index in [-0.39, 0.29) is 17.2 Å². The molecule has 0 saturated heterocycles. The van der Waals surface area contributed by atoms with Gasteiger partial charge in [0, 0.05) is 6.04 Å². The predicted octanol–water partition coefficient (Wildman–Crippen LogP) is 1.10. The molecule has 0 bridgehead atoms. The van der Waals surface area contributed by atoms with Crippen LogP contribution in [0, 0.1) is 0 Å². The minimum absolute atomic E-state index is 0.112. The second-order valence-electron chi connectivity index (χ2n) is 3.93. The van der Waals surface area contributed by atoms with Gasteiger partial charge in [0.1, 0.15) is 0 Å². The van der Waals surface area contributed by atoms with Crippen LogP contribution in [-0.2, 0) is 0 Å². The summed E-state index contributed by atoms with van der Waals surface area (Å²) in [6.07, 6.45) is 0. The number of hydrogen-bond acceptors (Lipinski definition) is 4. The van der Waals surface area contributed by atoms with Crippen LogP contribution < -0.4 is 0 Å². The zero-order valence-electron chi connectivity index (χ0n) is 8.89. The Morgan fingerprint density at radius 3 is 2.31 bits per heavy atom. The number of benzene rings is 1. The molecule has 1 aromatic carbocycles. The molecule has 0 spiro atoms. The van der Waals surface area contributed by atoms with Crippen LogP contribution in [0.1, 0.15) is 34.6 Å². The first-order chi connectivity index (χ1) is 7.45. The number of hydrogen-bond donors (Lipinski definition) is 2. The van der Waals surface area contributed by atoms with E-state index in [0.717, 1.165) is 4.90 Å². The molecule has 0 radical (unpaired) electrons. The molecule has 0 saturated carbocycles. The third-order valence-electron chi connectivity index (χ3n) is 2.55. The van der Waals surface area contributed by atoms with Crippen LogP contribution in [-0.4, -0.2) is 33.0 Å². The van der Waals surface area contributed by atoms with Crippen LogP contribution in [0.25, 0.3) is 0 Å². The van der Waals surface area contributed by atoms with Gasteiger partial charge in [-0.05, 0) is 26.0 Å². The maximum Gasteiger partial charge on any atom is 0.265 e. The molecule has 2 rings (SSSR count). The average Bonchev–Trinajstić information content (AvgIpc) is 2.45. The third kappa shape index (κ3) is 1.18. The highest BCUT2D eigenvalue weighted by atomic mass is 16.3. The Hall–Kier alpha value is -2.04. The number of nitrogens with zero attached hydrogens (tertiary/aromatic N) is 1. The van der Waals surface area contributed by atoms with Crippen molar-refractivity contribution in [3.8, 4) is 11.5 Å². The van der Waals surface area contributed by atoms with E-state index in [1.807, 2.05) is 0 Å². The molecule has 5 heteroatoms. The van der Waals surface area contributed by atoms with Crippen LogP contribution in [0.2, 0.25) is 0 Å². The zero-order chi connectivity index (χ0) is 12.0. The minimum Gasteiger partial charge on any atom is -0.504 e. The van der Waals surface area contributed by atoms with E-state index >= 15 is 0 Å². The van der Waals surface area contributed by atoms with E-state index in [0.29, 0.717) is 0 Å². The van der Waals surface area contributed by atoms with Gasteiger partial charge >= 0.3 is 0 Å². The Morgan fingerprint density at radius 1 is 1.12 bits per heavy atom. The van der Waals surface area contributed by atoms with Crippen molar-refractivity contribution in [2.45, 2.75) is 19.9 Å². The summed E-state index contributed by atoms with van der Waals surface area (Å²) in [7, 11) is 0. The number of fused-ring (bicyclic) bond motifs is 1. The van der Waals surface area contributed by atoms with Crippen LogP contribution in [0.3, 0.4) is 0 Å². The van der Waals surface area contributed by atoms with Gasteiger partial charge in [0.2, 0.25) is 0 Å². The first-order valence-electron chi connectivity index (χ1n) is 4.88. The summed E-state index contributed by atoms with van der Waals surface area (Å²) in [6.45, 7) is 3.41. The molecule has 2 amide bonds. The van der Waals surface area contributed by atoms with Gasteiger partial charge in [-0.2, -0.15) is 0 Å². The Morgan fingerprint density at radius 2 is 1.75 bits per heavy atom. The van der Waals surface area contributed by atoms with Gasteiger partial charge in [-0.1, -0.05) is 0 Å². The van der Waals surface area contributed by atoms with Crippen LogP contribution in [0.5, 0.6) is 11.5 Å². The van der Waals surface area contributed by atoms with E-state index in [4.69, 9.17) is 0 Å². The summed E-state index contributed by atoms with van der Waals surface area (Å²) in [5.41, 5.74) is 0.0210. The molecule has 0 aliphatic carbocycles. The maximum absolute atomic E-state index is 11.9. The van der Waals surface area contributed by atoms with Crippen molar-refractivity contribution in [3.05, 3.63) is 23.3 Å². The predicted molar refractivity (Wildman–Crippen MR) is 55.4 cm³/mol. The fourth-order valence-electron chi connectivity index (χ4n) is 1.79. The average molecular weight is 221 g/mol. The highest BCUT2D eigenvalue weighted by Gasteiger charge is 2.39. The first-order valence-corrected chi connectivity index (χ1v) is 4.88. The second-order valence-corrected chi connectivity index (χ2v) is 3.93. The molecule has 0 unspecified atom stereocenters. The molecule has 1 aromatic rings. The summed E-state index contributed by atoms with van der Waals surface area (Å²) < 4.78 is 0. The van der Waals surface area contributed by atoms with Gasteiger partial charge in [-0.3, -0.25) is 14.5 Å². The molecule has 84 valence electrons. The second kappa shape index (κ2) is 3.23. The summed E-state index contributed by atoms with van der Waals surface area (Å²) in [5, 5.41) is 18.8. The van der Waals surface area contributed by atoms with Crippen molar-refractivity contribution in [1.82, 2.24) is 4.90 Å². The molecule has 1 aliphatic heterocycles. The number of phenols is 2. The maximum atomic E-state index is 11.9. The molecule has 16 heavy (non-hydrogen) atoms. The van der Waals surface area contributed by atoms with Gasteiger partial charge in [0.05, 0.1) is 11.1 Å². The highest BCUT2D eigenvalue weighted by molar-refractivity contribution is 6.23. The van der Waals surface area contributed by atoms with E-state index in [1.54, 1.807) is 13.8 Å². The molecule has 1 heterocycles. The molecular weight excluding hydrogens is 210 g/mol. The number of carbonyl (C=O) groups is 2. The van der Waals surface area contributed by atoms with Crippen molar-refractivity contribution < 1.29 is 19.8 Å². The zero-order valence-corrected chi connectivity index (χ0v) is 8.89. The quantitative estimate of drug-likeness (QED) is 0.550. The number of phenolic OH excluding ortho intramolecular Hbond substituents is 2. The number of aromatic hydroxyl groups is 2. The Bertz CT molecular complexity index is 493. The SMILES string of the molecule is CC(C)N1C(=O)c2ccc(O)c(O)c2C1=O. The molecule has 1 aliphatic rings. The molecule has 2 N–H and O–H groups in total. The Balaban J connectivity index is 2.65. The van der Waals surface area contributed by atoms with Gasteiger partial charge in [0.15, 0.2) is 11.5 Å². The van der Waals surface area contributed by atoms with Crippen LogP contribution in [0.4, 0.5) is 0 Å². The van der Waals surface area contributed by atoms with Crippen LogP contribution in [0.15, 0.2) is 12.1 Å². The smallest absolute Gasteiger partial charge is 0.265 e. The third-order valence-corrected chi connectivity index (χ3v) is 2.55. The lowest BCUT2D eigenvalue weighted by Gasteiger charge is -2.17. The summed E-state index contributed by atoms with van der Waals surface area (Å²) in [5.74, 6) is -1.93. The first kappa shape index (κ1) is 10.5. The van der Waals surface area contributed by atoms with E-state index in [9.17, 15) is 19.8 Å². The topological polar surface area (TPSA) is 77.8 Å².